The molecule has 0 bridgehead atoms. The summed E-state index contributed by atoms with van der Waals surface area (Å²) in [6, 6.07) is 17.1. The Morgan fingerprint density at radius 1 is 1.11 bits per heavy atom. The van der Waals surface area contributed by atoms with Gasteiger partial charge in [-0.3, -0.25) is 0 Å². The Balaban J connectivity index is 1.96. The molecule has 0 aliphatic carbocycles. The van der Waals surface area contributed by atoms with Gasteiger partial charge < -0.3 is 4.90 Å². The van der Waals surface area contributed by atoms with E-state index in [2.05, 4.69) is 57.2 Å². The van der Waals surface area contributed by atoms with Crippen LogP contribution in [-0.2, 0) is 0 Å². The second-order valence-corrected chi connectivity index (χ2v) is 6.18. The molecule has 2 aromatic rings. The largest absolute Gasteiger partial charge is 0.363 e. The van der Waals surface area contributed by atoms with Crippen LogP contribution in [0.1, 0.15) is 24.4 Å². The van der Waals surface area contributed by atoms with Gasteiger partial charge >= 0.3 is 0 Å². The van der Waals surface area contributed by atoms with Crippen LogP contribution in [0.15, 0.2) is 53.0 Å². The highest BCUT2D eigenvalue weighted by Gasteiger charge is 2.27. The molecule has 1 fully saturated rings. The minimum absolute atomic E-state index is 0.428. The predicted molar refractivity (Wildman–Crippen MR) is 84.9 cm³/mol. The Bertz CT molecular complexity index is 584. The van der Waals surface area contributed by atoms with Crippen molar-refractivity contribution in [3.8, 4) is 0 Å². The Morgan fingerprint density at radius 2 is 1.95 bits per heavy atom. The Kier molecular flexibility index (Phi) is 3.81. The fourth-order valence-corrected chi connectivity index (χ4v) is 3.46. The molecule has 0 aromatic heterocycles. The number of nitrogens with zero attached hydrogens (tertiary/aromatic N) is 1. The first kappa shape index (κ1) is 13.0. The molecule has 1 aliphatic heterocycles. The summed E-state index contributed by atoms with van der Waals surface area (Å²) in [7, 11) is 0. The first-order valence-electron chi connectivity index (χ1n) is 6.52. The molecule has 1 nitrogen and oxygen atoms in total. The minimum Gasteiger partial charge on any atom is -0.363 e. The van der Waals surface area contributed by atoms with E-state index in [9.17, 15) is 0 Å². The van der Waals surface area contributed by atoms with Crippen LogP contribution in [0.3, 0.4) is 0 Å². The van der Waals surface area contributed by atoms with E-state index in [-0.39, 0.29) is 0 Å². The maximum absolute atomic E-state index is 6.34. The lowest BCUT2D eigenvalue weighted by Crippen LogP contribution is -2.22. The maximum atomic E-state index is 6.34. The van der Waals surface area contributed by atoms with Crippen molar-refractivity contribution in [1.29, 1.82) is 0 Å². The van der Waals surface area contributed by atoms with Crippen molar-refractivity contribution in [2.75, 3.05) is 11.4 Å². The first-order valence-corrected chi connectivity index (χ1v) is 7.69. The van der Waals surface area contributed by atoms with Gasteiger partial charge in [-0.05, 0) is 42.7 Å². The third-order valence-corrected chi connectivity index (χ3v) is 4.46. The first-order chi connectivity index (χ1) is 9.25. The lowest BCUT2D eigenvalue weighted by Gasteiger charge is -2.28. The molecule has 0 amide bonds. The fraction of sp³-hybridized carbons (Fsp3) is 0.250. The van der Waals surface area contributed by atoms with Crippen molar-refractivity contribution in [2.24, 2.45) is 0 Å². The molecule has 0 radical (unpaired) electrons. The number of hydrogen-bond donors (Lipinski definition) is 0. The molecule has 1 atom stereocenters. The standard InChI is InChI=1S/C16H15BrClN/c17-13-6-3-5-12(11-13)15-9-4-10-19(15)16-8-2-1-7-14(16)18/h1-3,5-8,11,15H,4,9-10H2. The van der Waals surface area contributed by atoms with E-state index >= 15 is 0 Å². The number of hydrogen-bond acceptors (Lipinski definition) is 1. The molecular weight excluding hydrogens is 322 g/mol. The molecule has 1 unspecified atom stereocenters. The van der Waals surface area contributed by atoms with Crippen molar-refractivity contribution in [3.63, 3.8) is 0 Å². The van der Waals surface area contributed by atoms with E-state index in [1.807, 2.05) is 12.1 Å². The van der Waals surface area contributed by atoms with Gasteiger partial charge in [-0.25, -0.2) is 0 Å². The van der Waals surface area contributed by atoms with Gasteiger partial charge in [0.25, 0.3) is 0 Å². The van der Waals surface area contributed by atoms with Crippen LogP contribution < -0.4 is 4.90 Å². The molecule has 0 spiro atoms. The molecule has 2 aromatic carbocycles. The summed E-state index contributed by atoms with van der Waals surface area (Å²) in [5.41, 5.74) is 2.50. The maximum Gasteiger partial charge on any atom is 0.0639 e. The summed E-state index contributed by atoms with van der Waals surface area (Å²) in [5.74, 6) is 0. The van der Waals surface area contributed by atoms with Gasteiger partial charge in [-0.1, -0.05) is 51.8 Å². The zero-order valence-electron chi connectivity index (χ0n) is 10.5. The second-order valence-electron chi connectivity index (χ2n) is 4.86. The smallest absolute Gasteiger partial charge is 0.0639 e. The Labute approximate surface area is 127 Å². The summed E-state index contributed by atoms with van der Waals surface area (Å²) in [5, 5.41) is 0.837. The number of para-hydroxylation sites is 1. The second kappa shape index (κ2) is 5.56. The molecule has 1 heterocycles. The highest BCUT2D eigenvalue weighted by molar-refractivity contribution is 9.10. The highest BCUT2D eigenvalue weighted by atomic mass is 79.9. The van der Waals surface area contributed by atoms with E-state index in [0.717, 1.165) is 21.7 Å². The molecule has 1 aliphatic rings. The van der Waals surface area contributed by atoms with Gasteiger partial charge in [0.2, 0.25) is 0 Å². The third kappa shape index (κ3) is 2.65. The average Bonchev–Trinajstić information content (AvgIpc) is 2.88. The number of benzene rings is 2. The zero-order chi connectivity index (χ0) is 13.2. The van der Waals surface area contributed by atoms with Crippen molar-refractivity contribution < 1.29 is 0 Å². The highest BCUT2D eigenvalue weighted by Crippen LogP contribution is 2.39. The van der Waals surface area contributed by atoms with Gasteiger partial charge in [-0.2, -0.15) is 0 Å². The van der Waals surface area contributed by atoms with E-state index in [0.29, 0.717) is 6.04 Å². The van der Waals surface area contributed by atoms with E-state index in [1.165, 1.54) is 18.4 Å². The monoisotopic (exact) mass is 335 g/mol. The van der Waals surface area contributed by atoms with Crippen LogP contribution in [0, 0.1) is 0 Å². The van der Waals surface area contributed by atoms with Gasteiger partial charge in [0, 0.05) is 11.0 Å². The lowest BCUT2D eigenvalue weighted by molar-refractivity contribution is 0.719. The van der Waals surface area contributed by atoms with E-state index in [1.54, 1.807) is 0 Å². The molecule has 3 heteroatoms. The van der Waals surface area contributed by atoms with Gasteiger partial charge in [-0.15, -0.1) is 0 Å². The molecular formula is C16H15BrClN. The van der Waals surface area contributed by atoms with Crippen molar-refractivity contribution >= 4 is 33.2 Å². The van der Waals surface area contributed by atoms with Crippen LogP contribution in [0.2, 0.25) is 5.02 Å². The van der Waals surface area contributed by atoms with Crippen LogP contribution in [0.5, 0.6) is 0 Å². The number of rotatable bonds is 2. The van der Waals surface area contributed by atoms with Crippen LogP contribution >= 0.6 is 27.5 Å². The SMILES string of the molecule is Clc1ccccc1N1CCCC1c1cccc(Br)c1. The molecule has 0 N–H and O–H groups in total. The van der Waals surface area contributed by atoms with Crippen molar-refractivity contribution in [3.05, 3.63) is 63.6 Å². The predicted octanol–water partition coefficient (Wildman–Crippen LogP) is 5.44. The molecule has 98 valence electrons. The van der Waals surface area contributed by atoms with E-state index < -0.39 is 0 Å². The van der Waals surface area contributed by atoms with Crippen LogP contribution in [-0.4, -0.2) is 6.54 Å². The summed E-state index contributed by atoms with van der Waals surface area (Å²) in [6.45, 7) is 1.07. The quantitative estimate of drug-likeness (QED) is 0.705. The number of halogens is 2. The normalized spacial score (nSPS) is 18.8. The lowest BCUT2D eigenvalue weighted by atomic mass is 10.0. The summed E-state index contributed by atoms with van der Waals surface area (Å²) >= 11 is 9.89. The van der Waals surface area contributed by atoms with E-state index in [4.69, 9.17) is 11.6 Å². The molecule has 0 saturated carbocycles. The van der Waals surface area contributed by atoms with Gasteiger partial charge in [0.15, 0.2) is 0 Å². The van der Waals surface area contributed by atoms with Crippen molar-refractivity contribution in [1.82, 2.24) is 0 Å². The van der Waals surface area contributed by atoms with Gasteiger partial charge in [0.1, 0.15) is 0 Å². The van der Waals surface area contributed by atoms with Crippen molar-refractivity contribution in [2.45, 2.75) is 18.9 Å². The number of anilines is 1. The minimum atomic E-state index is 0.428. The third-order valence-electron chi connectivity index (χ3n) is 3.65. The zero-order valence-corrected chi connectivity index (χ0v) is 12.9. The molecule has 1 saturated heterocycles. The Morgan fingerprint density at radius 3 is 2.74 bits per heavy atom. The summed E-state index contributed by atoms with van der Waals surface area (Å²) in [4.78, 5) is 2.42. The summed E-state index contributed by atoms with van der Waals surface area (Å²) in [6.07, 6.45) is 2.39. The fourth-order valence-electron chi connectivity index (χ4n) is 2.80. The van der Waals surface area contributed by atoms with Crippen LogP contribution in [0.4, 0.5) is 5.69 Å². The average molecular weight is 337 g/mol. The molecule has 3 rings (SSSR count). The topological polar surface area (TPSA) is 3.24 Å². The van der Waals surface area contributed by atoms with Gasteiger partial charge in [0.05, 0.1) is 16.8 Å². The molecule has 19 heavy (non-hydrogen) atoms. The summed E-state index contributed by atoms with van der Waals surface area (Å²) < 4.78 is 1.14. The Hall–Kier alpha value is -0.990. The van der Waals surface area contributed by atoms with Crippen LogP contribution in [0.25, 0.3) is 0 Å².